The van der Waals surface area contributed by atoms with Gasteiger partial charge in [0, 0.05) is 50.9 Å². The first-order valence-electron chi connectivity index (χ1n) is 13.0. The van der Waals surface area contributed by atoms with E-state index in [-0.39, 0.29) is 35.6 Å². The molecule has 1 saturated carbocycles. The van der Waals surface area contributed by atoms with Crippen LogP contribution in [0.3, 0.4) is 0 Å². The number of nitrogens with zero attached hydrogens (tertiary/aromatic N) is 4. The average Bonchev–Trinajstić information content (AvgIpc) is 3.54. The van der Waals surface area contributed by atoms with Crippen LogP contribution in [0.1, 0.15) is 60.6 Å². The van der Waals surface area contributed by atoms with E-state index in [9.17, 15) is 14.4 Å². The highest BCUT2D eigenvalue weighted by Crippen LogP contribution is 2.38. The molecule has 3 heterocycles. The van der Waals surface area contributed by atoms with Gasteiger partial charge in [-0.1, -0.05) is 24.3 Å². The molecule has 2 aliphatic heterocycles. The minimum atomic E-state index is -0.374. The van der Waals surface area contributed by atoms with Crippen molar-refractivity contribution in [3.63, 3.8) is 0 Å². The summed E-state index contributed by atoms with van der Waals surface area (Å²) >= 11 is 0. The average molecular weight is 478 g/mol. The number of carbonyl (C=O) groups is 3. The van der Waals surface area contributed by atoms with Gasteiger partial charge in [-0.25, -0.2) is 0 Å². The summed E-state index contributed by atoms with van der Waals surface area (Å²) in [5.74, 6) is -0.638. The predicted octanol–water partition coefficient (Wildman–Crippen LogP) is 2.63. The fraction of sp³-hybridized carbons (Fsp3) is 0.556. The summed E-state index contributed by atoms with van der Waals surface area (Å²) in [4.78, 5) is 44.4. The molecule has 5 rings (SSSR count). The Kier molecular flexibility index (Phi) is 6.88. The number of carbonyl (C=O) groups excluding carboxylic acids is 3. The van der Waals surface area contributed by atoms with Gasteiger partial charge in [-0.15, -0.1) is 0 Å². The Labute approximate surface area is 206 Å². The highest BCUT2D eigenvalue weighted by atomic mass is 16.2. The molecule has 2 aromatic rings. The molecule has 3 aliphatic rings. The second-order valence-corrected chi connectivity index (χ2v) is 10.0. The van der Waals surface area contributed by atoms with E-state index < -0.39 is 0 Å². The molecule has 1 saturated heterocycles. The molecule has 3 amide bonds. The maximum atomic E-state index is 13.7. The van der Waals surface area contributed by atoms with E-state index in [1.165, 1.54) is 11.1 Å². The highest BCUT2D eigenvalue weighted by molar-refractivity contribution is 5.94. The molecule has 1 aromatic heterocycles. The van der Waals surface area contributed by atoms with E-state index >= 15 is 0 Å². The number of nitrogens with one attached hydrogen (secondary N) is 1. The first kappa shape index (κ1) is 23.6. The summed E-state index contributed by atoms with van der Waals surface area (Å²) < 4.78 is 1.71. The Balaban J connectivity index is 1.39. The van der Waals surface area contributed by atoms with Gasteiger partial charge in [0.25, 0.3) is 5.91 Å². The minimum absolute atomic E-state index is 0.0296. The van der Waals surface area contributed by atoms with Crippen LogP contribution in [-0.4, -0.2) is 63.0 Å². The number of aryl methyl sites for hydroxylation is 1. The summed E-state index contributed by atoms with van der Waals surface area (Å²) in [5, 5.41) is 7.35. The van der Waals surface area contributed by atoms with Crippen molar-refractivity contribution in [2.45, 2.75) is 64.6 Å². The fourth-order valence-corrected chi connectivity index (χ4v) is 6.04. The second kappa shape index (κ2) is 10.2. The molecule has 0 bridgehead atoms. The van der Waals surface area contributed by atoms with Crippen LogP contribution in [0.2, 0.25) is 0 Å². The van der Waals surface area contributed by atoms with Crippen molar-refractivity contribution in [3.05, 3.63) is 53.3 Å². The van der Waals surface area contributed by atoms with E-state index in [1.54, 1.807) is 16.9 Å². The van der Waals surface area contributed by atoms with E-state index in [4.69, 9.17) is 0 Å². The SMILES string of the molecule is CCn1nccc1C(=O)N1CCCCCNC(=O)C2CC(C(=O)N3CCc4ccccc4C3)CC21. The quantitative estimate of drug-likeness (QED) is 0.736. The van der Waals surface area contributed by atoms with Crippen molar-refractivity contribution in [2.24, 2.45) is 11.8 Å². The summed E-state index contributed by atoms with van der Waals surface area (Å²) in [5.41, 5.74) is 3.05. The van der Waals surface area contributed by atoms with Crippen LogP contribution in [0.25, 0.3) is 0 Å². The van der Waals surface area contributed by atoms with Gasteiger partial charge < -0.3 is 15.1 Å². The molecule has 35 heavy (non-hydrogen) atoms. The number of rotatable bonds is 3. The van der Waals surface area contributed by atoms with Gasteiger partial charge in [0.15, 0.2) is 0 Å². The molecule has 0 spiro atoms. The molecule has 1 aromatic carbocycles. The molecule has 1 aliphatic carbocycles. The third-order valence-electron chi connectivity index (χ3n) is 7.93. The fourth-order valence-electron chi connectivity index (χ4n) is 6.04. The zero-order valence-corrected chi connectivity index (χ0v) is 20.5. The first-order valence-corrected chi connectivity index (χ1v) is 13.0. The van der Waals surface area contributed by atoms with Crippen molar-refractivity contribution in [1.29, 1.82) is 0 Å². The number of hydrogen-bond donors (Lipinski definition) is 1. The van der Waals surface area contributed by atoms with Gasteiger partial charge in [0.05, 0.1) is 5.92 Å². The summed E-state index contributed by atoms with van der Waals surface area (Å²) in [6, 6.07) is 9.76. The van der Waals surface area contributed by atoms with E-state index in [2.05, 4.69) is 22.5 Å². The van der Waals surface area contributed by atoms with Crippen LogP contribution < -0.4 is 5.32 Å². The lowest BCUT2D eigenvalue weighted by Crippen LogP contribution is -2.48. The lowest BCUT2D eigenvalue weighted by Gasteiger charge is -2.34. The van der Waals surface area contributed by atoms with Crippen LogP contribution in [-0.2, 0) is 29.1 Å². The topological polar surface area (TPSA) is 87.5 Å². The van der Waals surface area contributed by atoms with Crippen LogP contribution in [0.15, 0.2) is 36.5 Å². The van der Waals surface area contributed by atoms with Crippen LogP contribution >= 0.6 is 0 Å². The molecule has 1 N–H and O–H groups in total. The molecule has 3 unspecified atom stereocenters. The van der Waals surface area contributed by atoms with Crippen molar-refractivity contribution < 1.29 is 14.4 Å². The van der Waals surface area contributed by atoms with Crippen molar-refractivity contribution >= 4 is 17.7 Å². The second-order valence-electron chi connectivity index (χ2n) is 10.0. The van der Waals surface area contributed by atoms with Gasteiger partial charge in [-0.05, 0) is 62.6 Å². The zero-order chi connectivity index (χ0) is 24.4. The monoisotopic (exact) mass is 477 g/mol. The van der Waals surface area contributed by atoms with Crippen LogP contribution in [0.4, 0.5) is 0 Å². The Morgan fingerprint density at radius 1 is 1.06 bits per heavy atom. The Morgan fingerprint density at radius 3 is 2.71 bits per heavy atom. The predicted molar refractivity (Wildman–Crippen MR) is 131 cm³/mol. The Bertz CT molecular complexity index is 1100. The third-order valence-corrected chi connectivity index (χ3v) is 7.93. The number of fused-ring (bicyclic) bond motifs is 2. The minimum Gasteiger partial charge on any atom is -0.356 e. The maximum absolute atomic E-state index is 13.7. The van der Waals surface area contributed by atoms with Gasteiger partial charge in [-0.3, -0.25) is 19.1 Å². The number of amides is 3. The standard InChI is InChI=1S/C27H35N5O3/c1-2-32-23(10-13-29-32)27(35)31-14-7-3-6-12-28-25(33)22-16-21(17-24(22)31)26(34)30-15-11-19-8-4-5-9-20(19)18-30/h4-5,8-10,13,21-22,24H,2-3,6-7,11-12,14-18H2,1H3,(H,28,33). The molecule has 0 radical (unpaired) electrons. The molecule has 2 fully saturated rings. The van der Waals surface area contributed by atoms with Gasteiger partial charge in [0.2, 0.25) is 11.8 Å². The lowest BCUT2D eigenvalue weighted by molar-refractivity contribution is -0.136. The highest BCUT2D eigenvalue weighted by Gasteiger charge is 2.47. The lowest BCUT2D eigenvalue weighted by atomic mass is 9.97. The first-order chi connectivity index (χ1) is 17.1. The van der Waals surface area contributed by atoms with Crippen LogP contribution in [0, 0.1) is 11.8 Å². The maximum Gasteiger partial charge on any atom is 0.272 e. The molecule has 8 nitrogen and oxygen atoms in total. The summed E-state index contributed by atoms with van der Waals surface area (Å²) in [6.45, 7) is 5.13. The number of benzene rings is 1. The van der Waals surface area contributed by atoms with Crippen molar-refractivity contribution in [2.75, 3.05) is 19.6 Å². The molecule has 3 atom stereocenters. The molecular weight excluding hydrogens is 442 g/mol. The van der Waals surface area contributed by atoms with Gasteiger partial charge in [0.1, 0.15) is 5.69 Å². The van der Waals surface area contributed by atoms with E-state index in [1.807, 2.05) is 28.9 Å². The zero-order valence-electron chi connectivity index (χ0n) is 20.5. The molecule has 8 heteroatoms. The summed E-state index contributed by atoms with van der Waals surface area (Å²) in [7, 11) is 0. The third kappa shape index (κ3) is 4.70. The van der Waals surface area contributed by atoms with E-state index in [0.29, 0.717) is 51.3 Å². The van der Waals surface area contributed by atoms with Crippen molar-refractivity contribution in [1.82, 2.24) is 24.9 Å². The smallest absolute Gasteiger partial charge is 0.272 e. The van der Waals surface area contributed by atoms with Crippen molar-refractivity contribution in [3.8, 4) is 0 Å². The van der Waals surface area contributed by atoms with Gasteiger partial charge in [-0.2, -0.15) is 5.10 Å². The van der Waals surface area contributed by atoms with Gasteiger partial charge >= 0.3 is 0 Å². The molecular formula is C27H35N5O3. The summed E-state index contributed by atoms with van der Waals surface area (Å²) in [6.07, 6.45) is 6.25. The Morgan fingerprint density at radius 2 is 1.89 bits per heavy atom. The largest absolute Gasteiger partial charge is 0.356 e. The Hall–Kier alpha value is -3.16. The normalized spacial score (nSPS) is 24.9. The molecule has 186 valence electrons. The van der Waals surface area contributed by atoms with Crippen LogP contribution in [0.5, 0.6) is 0 Å². The number of aromatic nitrogens is 2. The number of hydrogen-bond acceptors (Lipinski definition) is 4. The van der Waals surface area contributed by atoms with E-state index in [0.717, 1.165) is 25.7 Å².